The summed E-state index contributed by atoms with van der Waals surface area (Å²) in [6.45, 7) is 1.90. The molecule has 1 N–H and O–H groups in total. The fourth-order valence-electron chi connectivity index (χ4n) is 4.61. The molecule has 4 aromatic rings. The van der Waals surface area contributed by atoms with Crippen LogP contribution in [0.2, 0.25) is 0 Å². The topological polar surface area (TPSA) is 103 Å². The number of nitrogens with zero attached hydrogens (tertiary/aromatic N) is 4. The first kappa shape index (κ1) is 25.5. The second-order valence-corrected chi connectivity index (χ2v) is 12.8. The van der Waals surface area contributed by atoms with E-state index in [4.69, 9.17) is 10.1 Å². The fourth-order valence-corrected chi connectivity index (χ4v) is 7.63. The lowest BCUT2D eigenvalue weighted by Crippen LogP contribution is -2.53. The number of benzene rings is 3. The van der Waals surface area contributed by atoms with Gasteiger partial charge in [-0.1, -0.05) is 77.7 Å². The molecule has 6 rings (SSSR count). The van der Waals surface area contributed by atoms with Crippen LogP contribution in [0.15, 0.2) is 106 Å². The predicted molar refractivity (Wildman–Crippen MR) is 157 cm³/mol. The second kappa shape index (κ2) is 9.76. The first-order chi connectivity index (χ1) is 18.7. The number of hydrogen-bond donors (Lipinski definition) is 1. The Morgan fingerprint density at radius 3 is 2.44 bits per heavy atom. The fraction of sp³-hybridized carbons (Fsp3) is 0.107. The Morgan fingerprint density at radius 2 is 1.72 bits per heavy atom. The Labute approximate surface area is 233 Å². The summed E-state index contributed by atoms with van der Waals surface area (Å²) in [5.74, 6) is -0.193. The first-order valence-corrected chi connectivity index (χ1v) is 15.1. The molecule has 1 atom stereocenters. The lowest BCUT2D eigenvalue weighted by atomic mass is 10.2. The number of hydrazone groups is 1. The SMILES string of the molecule is CC1=NN(c2ccc(S(=O)(=O)O)cc2)C2(C1)S/C(=C\C=C\c1ccccc1)C(=O)N2c1nc2ccccc2s1. The molecule has 0 saturated carbocycles. The van der Waals surface area contributed by atoms with E-state index in [2.05, 4.69) is 0 Å². The molecule has 1 saturated heterocycles. The largest absolute Gasteiger partial charge is 0.294 e. The molecule has 1 spiro atoms. The van der Waals surface area contributed by atoms with E-state index in [0.29, 0.717) is 22.1 Å². The zero-order valence-corrected chi connectivity index (χ0v) is 23.1. The Balaban J connectivity index is 1.46. The van der Waals surface area contributed by atoms with E-state index < -0.39 is 15.1 Å². The molecule has 1 unspecified atom stereocenters. The highest BCUT2D eigenvalue weighted by molar-refractivity contribution is 8.06. The van der Waals surface area contributed by atoms with Gasteiger partial charge in [0.05, 0.1) is 25.7 Å². The maximum atomic E-state index is 14.0. The Morgan fingerprint density at radius 1 is 1.00 bits per heavy atom. The molecule has 196 valence electrons. The van der Waals surface area contributed by atoms with E-state index in [0.717, 1.165) is 21.5 Å². The van der Waals surface area contributed by atoms with E-state index in [1.165, 1.54) is 35.2 Å². The van der Waals surface area contributed by atoms with E-state index >= 15 is 0 Å². The van der Waals surface area contributed by atoms with E-state index in [1.54, 1.807) is 22.0 Å². The van der Waals surface area contributed by atoms with E-state index in [-0.39, 0.29) is 10.8 Å². The molecule has 0 bridgehead atoms. The Kier molecular flexibility index (Phi) is 6.38. The van der Waals surface area contributed by atoms with Crippen molar-refractivity contribution in [1.82, 2.24) is 4.98 Å². The lowest BCUT2D eigenvalue weighted by Gasteiger charge is -2.38. The van der Waals surface area contributed by atoms with Crippen molar-refractivity contribution in [3.8, 4) is 0 Å². The summed E-state index contributed by atoms with van der Waals surface area (Å²) >= 11 is 2.82. The summed E-state index contributed by atoms with van der Waals surface area (Å²) in [5.41, 5.74) is 3.20. The number of anilines is 2. The number of carbonyl (C=O) groups is 1. The second-order valence-electron chi connectivity index (χ2n) is 9.04. The van der Waals surface area contributed by atoms with Crippen LogP contribution in [0.3, 0.4) is 0 Å². The molecule has 39 heavy (non-hydrogen) atoms. The number of thioether (sulfide) groups is 1. The number of fused-ring (bicyclic) bond motifs is 1. The van der Waals surface area contributed by atoms with Gasteiger partial charge in [-0.15, -0.1) is 0 Å². The summed E-state index contributed by atoms with van der Waals surface area (Å²) in [5, 5.41) is 7.06. The van der Waals surface area contributed by atoms with Gasteiger partial charge in [0.15, 0.2) is 5.13 Å². The molecule has 0 aliphatic carbocycles. The molecule has 1 fully saturated rings. The number of thiazole rings is 1. The quantitative estimate of drug-likeness (QED) is 0.225. The molecular formula is C28H22N4O4S3. The van der Waals surface area contributed by atoms with Crippen LogP contribution >= 0.6 is 23.1 Å². The molecular weight excluding hydrogens is 553 g/mol. The molecule has 1 amide bonds. The number of aromatic nitrogens is 1. The van der Waals surface area contributed by atoms with Gasteiger partial charge in [0.25, 0.3) is 16.0 Å². The molecule has 11 heteroatoms. The number of allylic oxidation sites excluding steroid dienone is 2. The standard InChI is InChI=1S/C28H22N4O4S3/c1-19-18-28(32(30-19)21-14-16-22(17-15-21)39(34,35)36)31(27-29-23-11-5-6-12-24(23)37-27)26(33)25(38-28)13-7-10-20-8-3-2-4-9-20/h2-17H,18H2,1H3,(H,34,35,36)/b10-7+,25-13-. The van der Waals surface area contributed by atoms with Crippen LogP contribution in [0.4, 0.5) is 10.8 Å². The van der Waals surface area contributed by atoms with Gasteiger partial charge < -0.3 is 0 Å². The minimum Gasteiger partial charge on any atom is -0.282 e. The first-order valence-electron chi connectivity index (χ1n) is 12.0. The van der Waals surface area contributed by atoms with Gasteiger partial charge >= 0.3 is 0 Å². The molecule has 0 radical (unpaired) electrons. The highest BCUT2D eigenvalue weighted by Crippen LogP contribution is 2.55. The molecule has 2 aliphatic heterocycles. The third-order valence-corrected chi connectivity index (χ3v) is 9.56. The third-order valence-electron chi connectivity index (χ3n) is 6.31. The molecule has 3 heterocycles. The van der Waals surface area contributed by atoms with Crippen LogP contribution in [0.1, 0.15) is 18.9 Å². The summed E-state index contributed by atoms with van der Waals surface area (Å²) in [6.07, 6.45) is 6.05. The van der Waals surface area contributed by atoms with Crippen molar-refractivity contribution in [2.45, 2.75) is 23.2 Å². The van der Waals surface area contributed by atoms with Crippen LogP contribution in [-0.2, 0) is 14.9 Å². The third kappa shape index (κ3) is 4.67. The van der Waals surface area contributed by atoms with Gasteiger partial charge in [0.1, 0.15) is 0 Å². The van der Waals surface area contributed by atoms with Crippen molar-refractivity contribution in [3.05, 3.63) is 101 Å². The zero-order chi connectivity index (χ0) is 27.2. The Hall–Kier alpha value is -3.77. The molecule has 8 nitrogen and oxygen atoms in total. The summed E-state index contributed by atoms with van der Waals surface area (Å²) < 4.78 is 33.6. The monoisotopic (exact) mass is 574 g/mol. The minimum atomic E-state index is -4.35. The van der Waals surface area contributed by atoms with Gasteiger partial charge in [-0.2, -0.15) is 13.5 Å². The average molecular weight is 575 g/mol. The highest BCUT2D eigenvalue weighted by atomic mass is 32.2. The van der Waals surface area contributed by atoms with Crippen LogP contribution in [-0.4, -0.2) is 34.6 Å². The number of para-hydroxylation sites is 1. The van der Waals surface area contributed by atoms with Gasteiger partial charge in [0.2, 0.25) is 4.99 Å². The maximum absolute atomic E-state index is 14.0. The van der Waals surface area contributed by atoms with Crippen molar-refractivity contribution in [2.75, 3.05) is 9.91 Å². The van der Waals surface area contributed by atoms with Crippen LogP contribution < -0.4 is 9.91 Å². The van der Waals surface area contributed by atoms with E-state index in [1.807, 2.05) is 79.7 Å². The van der Waals surface area contributed by atoms with Crippen molar-refractivity contribution >= 4 is 71.9 Å². The van der Waals surface area contributed by atoms with Gasteiger partial charge in [-0.3, -0.25) is 9.35 Å². The molecule has 1 aromatic heterocycles. The van der Waals surface area contributed by atoms with Crippen molar-refractivity contribution in [2.24, 2.45) is 5.10 Å². The minimum absolute atomic E-state index is 0.193. The van der Waals surface area contributed by atoms with E-state index in [9.17, 15) is 17.8 Å². The lowest BCUT2D eigenvalue weighted by molar-refractivity contribution is -0.114. The Bertz CT molecular complexity index is 1750. The van der Waals surface area contributed by atoms with Crippen LogP contribution in [0.5, 0.6) is 0 Å². The molecule has 2 aliphatic rings. The van der Waals surface area contributed by atoms with Gasteiger partial charge in [-0.05, 0) is 55.0 Å². The summed E-state index contributed by atoms with van der Waals surface area (Å²) in [7, 11) is -4.35. The number of rotatable bonds is 5. The van der Waals surface area contributed by atoms with Crippen molar-refractivity contribution in [1.29, 1.82) is 0 Å². The number of amides is 1. The summed E-state index contributed by atoms with van der Waals surface area (Å²) in [6, 6.07) is 23.4. The normalized spacial score (nSPS) is 20.7. The smallest absolute Gasteiger partial charge is 0.282 e. The average Bonchev–Trinajstić information content (AvgIpc) is 3.57. The number of hydrogen-bond acceptors (Lipinski definition) is 8. The van der Waals surface area contributed by atoms with Crippen molar-refractivity contribution in [3.63, 3.8) is 0 Å². The highest BCUT2D eigenvalue weighted by Gasteiger charge is 2.58. The summed E-state index contributed by atoms with van der Waals surface area (Å²) in [4.78, 5) is 19.9. The van der Waals surface area contributed by atoms with Gasteiger partial charge in [-0.25, -0.2) is 14.9 Å². The van der Waals surface area contributed by atoms with Crippen molar-refractivity contribution < 1.29 is 17.8 Å². The molecule has 3 aromatic carbocycles. The predicted octanol–water partition coefficient (Wildman–Crippen LogP) is 6.16. The number of carbonyl (C=O) groups excluding carboxylic acids is 1. The maximum Gasteiger partial charge on any atom is 0.294 e. The zero-order valence-electron chi connectivity index (χ0n) is 20.6. The van der Waals surface area contributed by atoms with Gasteiger partial charge in [0, 0.05) is 12.1 Å². The van der Waals surface area contributed by atoms with Crippen LogP contribution in [0.25, 0.3) is 16.3 Å². The van der Waals surface area contributed by atoms with Crippen LogP contribution in [0, 0.1) is 0 Å².